The van der Waals surface area contributed by atoms with Crippen molar-refractivity contribution in [2.45, 2.75) is 31.7 Å². The summed E-state index contributed by atoms with van der Waals surface area (Å²) in [5.74, 6) is 0.803. The first kappa shape index (κ1) is 8.50. The Morgan fingerprint density at radius 2 is 2.38 bits per heavy atom. The Hall–Kier alpha value is -1.10. The van der Waals surface area contributed by atoms with Crippen LogP contribution in [-0.4, -0.2) is 21.3 Å². The Kier molecular flexibility index (Phi) is 2.18. The number of aromatic amines is 1. The number of nitrogens with two attached hydrogens (primary N) is 1. The normalized spacial score (nSPS) is 17.3. The molecule has 5 heteroatoms. The van der Waals surface area contributed by atoms with Gasteiger partial charge in [-0.3, -0.25) is 4.57 Å². The summed E-state index contributed by atoms with van der Waals surface area (Å²) in [5, 5.41) is 6.43. The van der Waals surface area contributed by atoms with E-state index >= 15 is 0 Å². The van der Waals surface area contributed by atoms with E-state index < -0.39 is 0 Å². The molecule has 1 aliphatic rings. The van der Waals surface area contributed by atoms with Crippen molar-refractivity contribution in [2.75, 3.05) is 6.54 Å². The maximum absolute atomic E-state index is 11.4. The predicted octanol–water partition coefficient (Wildman–Crippen LogP) is -0.202. The second kappa shape index (κ2) is 3.33. The zero-order valence-electron chi connectivity index (χ0n) is 7.49. The van der Waals surface area contributed by atoms with E-state index in [1.165, 1.54) is 6.42 Å². The van der Waals surface area contributed by atoms with E-state index in [2.05, 4.69) is 10.2 Å². The van der Waals surface area contributed by atoms with Gasteiger partial charge in [0.2, 0.25) is 0 Å². The van der Waals surface area contributed by atoms with Gasteiger partial charge in [0.05, 0.1) is 0 Å². The SMILES string of the molecule is NCCc1n[nH]c(=O)n1C1CCC1. The van der Waals surface area contributed by atoms with E-state index in [1.54, 1.807) is 4.57 Å². The summed E-state index contributed by atoms with van der Waals surface area (Å²) in [5.41, 5.74) is 5.34. The summed E-state index contributed by atoms with van der Waals surface area (Å²) in [4.78, 5) is 11.4. The molecule has 72 valence electrons. The van der Waals surface area contributed by atoms with E-state index in [0.29, 0.717) is 19.0 Å². The average molecular weight is 182 g/mol. The molecule has 2 rings (SSSR count). The molecule has 0 radical (unpaired) electrons. The molecule has 0 amide bonds. The van der Waals surface area contributed by atoms with Crippen LogP contribution in [0.3, 0.4) is 0 Å². The molecule has 13 heavy (non-hydrogen) atoms. The minimum absolute atomic E-state index is 0.0897. The lowest BCUT2D eigenvalue weighted by Gasteiger charge is -2.26. The van der Waals surface area contributed by atoms with Crippen LogP contribution in [0.15, 0.2) is 4.79 Å². The fraction of sp³-hybridized carbons (Fsp3) is 0.750. The summed E-state index contributed by atoms with van der Waals surface area (Å²) < 4.78 is 1.76. The average Bonchev–Trinajstić information content (AvgIpc) is 2.34. The molecule has 0 spiro atoms. The van der Waals surface area contributed by atoms with Crippen molar-refractivity contribution in [3.05, 3.63) is 16.3 Å². The summed E-state index contributed by atoms with van der Waals surface area (Å²) in [6.07, 6.45) is 4.08. The number of rotatable bonds is 3. The molecule has 0 atom stereocenters. The Morgan fingerprint density at radius 3 is 2.92 bits per heavy atom. The van der Waals surface area contributed by atoms with Crippen molar-refractivity contribution >= 4 is 0 Å². The predicted molar refractivity (Wildman–Crippen MR) is 48.5 cm³/mol. The van der Waals surface area contributed by atoms with Gasteiger partial charge < -0.3 is 5.73 Å². The van der Waals surface area contributed by atoms with E-state index in [9.17, 15) is 4.79 Å². The first-order valence-electron chi connectivity index (χ1n) is 4.69. The number of aromatic nitrogens is 3. The number of H-pyrrole nitrogens is 1. The largest absolute Gasteiger partial charge is 0.343 e. The van der Waals surface area contributed by atoms with Gasteiger partial charge in [-0.1, -0.05) is 0 Å². The first-order valence-corrected chi connectivity index (χ1v) is 4.69. The van der Waals surface area contributed by atoms with Crippen LogP contribution in [0.25, 0.3) is 0 Å². The lowest BCUT2D eigenvalue weighted by molar-refractivity contribution is 0.299. The molecule has 1 fully saturated rings. The van der Waals surface area contributed by atoms with Crippen LogP contribution in [0, 0.1) is 0 Å². The van der Waals surface area contributed by atoms with E-state index in [1.807, 2.05) is 0 Å². The number of nitrogens with one attached hydrogen (secondary N) is 1. The van der Waals surface area contributed by atoms with Crippen molar-refractivity contribution in [1.82, 2.24) is 14.8 Å². The molecule has 1 aromatic heterocycles. The third kappa shape index (κ3) is 1.39. The Balaban J connectivity index is 2.28. The molecule has 0 bridgehead atoms. The van der Waals surface area contributed by atoms with E-state index in [0.717, 1.165) is 18.7 Å². The van der Waals surface area contributed by atoms with Gasteiger partial charge in [-0.15, -0.1) is 0 Å². The highest BCUT2D eigenvalue weighted by molar-refractivity contribution is 4.93. The first-order chi connectivity index (χ1) is 6.33. The van der Waals surface area contributed by atoms with Gasteiger partial charge in [-0.05, 0) is 25.8 Å². The summed E-state index contributed by atoms with van der Waals surface area (Å²) in [6.45, 7) is 0.539. The molecule has 1 aliphatic carbocycles. The van der Waals surface area contributed by atoms with Crippen molar-refractivity contribution in [1.29, 1.82) is 0 Å². The van der Waals surface area contributed by atoms with Gasteiger partial charge in [0.25, 0.3) is 0 Å². The van der Waals surface area contributed by atoms with Gasteiger partial charge in [0.1, 0.15) is 5.82 Å². The minimum Gasteiger partial charge on any atom is -0.330 e. The second-order valence-electron chi connectivity index (χ2n) is 3.44. The topological polar surface area (TPSA) is 76.7 Å². The number of nitrogens with zero attached hydrogens (tertiary/aromatic N) is 2. The zero-order valence-corrected chi connectivity index (χ0v) is 7.49. The summed E-state index contributed by atoms with van der Waals surface area (Å²) in [7, 11) is 0. The molecule has 0 saturated heterocycles. The van der Waals surface area contributed by atoms with Gasteiger partial charge in [0, 0.05) is 12.5 Å². The molecule has 0 aromatic carbocycles. The maximum Gasteiger partial charge on any atom is 0.343 e. The van der Waals surface area contributed by atoms with Gasteiger partial charge in [-0.25, -0.2) is 9.89 Å². The molecule has 0 unspecified atom stereocenters. The van der Waals surface area contributed by atoms with Crippen LogP contribution in [0.2, 0.25) is 0 Å². The Bertz CT molecular complexity index is 336. The molecular formula is C8H14N4O. The summed E-state index contributed by atoms with van der Waals surface area (Å²) >= 11 is 0. The zero-order chi connectivity index (χ0) is 9.26. The second-order valence-corrected chi connectivity index (χ2v) is 3.44. The van der Waals surface area contributed by atoms with Crippen LogP contribution in [0.5, 0.6) is 0 Å². The van der Waals surface area contributed by atoms with Crippen molar-refractivity contribution in [2.24, 2.45) is 5.73 Å². The molecule has 1 aromatic rings. The van der Waals surface area contributed by atoms with Crippen molar-refractivity contribution < 1.29 is 0 Å². The Morgan fingerprint density at radius 1 is 1.62 bits per heavy atom. The summed E-state index contributed by atoms with van der Waals surface area (Å²) in [6, 6.07) is 0.368. The minimum atomic E-state index is -0.0897. The van der Waals surface area contributed by atoms with E-state index in [4.69, 9.17) is 5.73 Å². The lowest BCUT2D eigenvalue weighted by Crippen LogP contribution is -2.29. The molecule has 5 nitrogen and oxygen atoms in total. The van der Waals surface area contributed by atoms with Crippen molar-refractivity contribution in [3.63, 3.8) is 0 Å². The molecule has 1 heterocycles. The standard InChI is InChI=1S/C8H14N4O/c9-5-4-7-10-11-8(13)12(7)6-2-1-3-6/h6H,1-5,9H2,(H,11,13). The molecular weight excluding hydrogens is 168 g/mol. The third-order valence-corrected chi connectivity index (χ3v) is 2.59. The van der Waals surface area contributed by atoms with Gasteiger partial charge in [-0.2, -0.15) is 5.10 Å². The molecule has 0 aliphatic heterocycles. The lowest BCUT2D eigenvalue weighted by atomic mass is 9.93. The smallest absolute Gasteiger partial charge is 0.330 e. The van der Waals surface area contributed by atoms with Crippen LogP contribution in [0.4, 0.5) is 0 Å². The highest BCUT2D eigenvalue weighted by Crippen LogP contribution is 2.30. The van der Waals surface area contributed by atoms with Crippen molar-refractivity contribution in [3.8, 4) is 0 Å². The number of hydrogen-bond acceptors (Lipinski definition) is 3. The van der Waals surface area contributed by atoms with Gasteiger partial charge in [0.15, 0.2) is 0 Å². The third-order valence-electron chi connectivity index (χ3n) is 2.59. The van der Waals surface area contributed by atoms with Crippen LogP contribution < -0.4 is 11.4 Å². The van der Waals surface area contributed by atoms with E-state index in [-0.39, 0.29) is 5.69 Å². The maximum atomic E-state index is 11.4. The molecule has 1 saturated carbocycles. The monoisotopic (exact) mass is 182 g/mol. The molecule has 3 N–H and O–H groups in total. The van der Waals surface area contributed by atoms with Gasteiger partial charge >= 0.3 is 5.69 Å². The number of hydrogen-bond donors (Lipinski definition) is 2. The highest BCUT2D eigenvalue weighted by atomic mass is 16.1. The van der Waals surface area contributed by atoms with Crippen LogP contribution in [-0.2, 0) is 6.42 Å². The van der Waals surface area contributed by atoms with Crippen LogP contribution in [0.1, 0.15) is 31.1 Å². The quantitative estimate of drug-likeness (QED) is 0.679. The van der Waals surface area contributed by atoms with Crippen LogP contribution >= 0.6 is 0 Å². The Labute approximate surface area is 75.9 Å². The fourth-order valence-electron chi connectivity index (χ4n) is 1.66. The fourth-order valence-corrected chi connectivity index (χ4v) is 1.66. The highest BCUT2D eigenvalue weighted by Gasteiger charge is 2.23.